The Morgan fingerprint density at radius 3 is 1.52 bits per heavy atom. The number of benzene rings is 2. The minimum absolute atomic E-state index is 0.0690. The molecule has 0 unspecified atom stereocenters. The first-order valence-corrected chi connectivity index (χ1v) is 8.14. The average molecular weight is 371 g/mol. The van der Waals surface area contributed by atoms with Crippen molar-refractivity contribution in [2.75, 3.05) is 11.5 Å². The van der Waals surface area contributed by atoms with Crippen molar-refractivity contribution >= 4 is 29.2 Å². The lowest BCUT2D eigenvalue weighted by Gasteiger charge is -2.16. The molecule has 0 saturated heterocycles. The van der Waals surface area contributed by atoms with Gasteiger partial charge in [0, 0.05) is 18.3 Å². The second kappa shape index (κ2) is 9.23. The van der Waals surface area contributed by atoms with Crippen molar-refractivity contribution in [1.29, 1.82) is 0 Å². The highest BCUT2D eigenvalue weighted by Gasteiger charge is 2.30. The zero-order valence-electron chi connectivity index (χ0n) is 14.8. The summed E-state index contributed by atoms with van der Waals surface area (Å²) in [5.74, 6) is -2.39. The van der Waals surface area contributed by atoms with E-state index >= 15 is 0 Å². The van der Waals surface area contributed by atoms with Gasteiger partial charge in [0.15, 0.2) is 0 Å². The van der Waals surface area contributed by atoms with Gasteiger partial charge in [0.2, 0.25) is 11.9 Å². The Bertz CT molecular complexity index is 742. The molecule has 27 heavy (non-hydrogen) atoms. The summed E-state index contributed by atoms with van der Waals surface area (Å²) >= 11 is 0. The SMILES string of the molecule is CC(=O)NC(C(=O)OCc1ccc(N)cc1)C(=O)OCc1ccc(N)cc1. The van der Waals surface area contributed by atoms with E-state index in [4.69, 9.17) is 20.9 Å². The van der Waals surface area contributed by atoms with Gasteiger partial charge in [-0.3, -0.25) is 4.79 Å². The van der Waals surface area contributed by atoms with Crippen molar-refractivity contribution in [2.24, 2.45) is 0 Å². The predicted octanol–water partition coefficient (Wildman–Crippen LogP) is 1.14. The lowest BCUT2D eigenvalue weighted by Crippen LogP contribution is -2.47. The fourth-order valence-corrected chi connectivity index (χ4v) is 2.12. The fraction of sp³-hybridized carbons (Fsp3) is 0.211. The molecule has 142 valence electrons. The number of hydrogen-bond acceptors (Lipinski definition) is 7. The highest BCUT2D eigenvalue weighted by Crippen LogP contribution is 2.09. The Balaban J connectivity index is 1.96. The van der Waals surface area contributed by atoms with Crippen molar-refractivity contribution in [3.05, 3.63) is 59.7 Å². The van der Waals surface area contributed by atoms with Crippen LogP contribution in [0.3, 0.4) is 0 Å². The standard InChI is InChI=1S/C19H21N3O5/c1-12(23)22-17(18(24)26-10-13-2-6-15(20)7-3-13)19(25)27-11-14-4-8-16(21)9-5-14/h2-9,17H,10-11,20-21H2,1H3,(H,22,23). The van der Waals surface area contributed by atoms with Crippen molar-refractivity contribution in [1.82, 2.24) is 5.32 Å². The van der Waals surface area contributed by atoms with E-state index in [2.05, 4.69) is 5.32 Å². The van der Waals surface area contributed by atoms with Gasteiger partial charge in [0.1, 0.15) is 13.2 Å². The quantitative estimate of drug-likeness (QED) is 0.377. The van der Waals surface area contributed by atoms with Crippen LogP contribution in [0.25, 0.3) is 0 Å². The number of ether oxygens (including phenoxy) is 2. The summed E-state index contributed by atoms with van der Waals surface area (Å²) < 4.78 is 10.2. The van der Waals surface area contributed by atoms with Crippen LogP contribution in [0.5, 0.6) is 0 Å². The maximum atomic E-state index is 12.2. The third kappa shape index (κ3) is 6.35. The van der Waals surface area contributed by atoms with Crippen LogP contribution in [-0.2, 0) is 37.1 Å². The van der Waals surface area contributed by atoms with Crippen LogP contribution < -0.4 is 16.8 Å². The lowest BCUT2D eigenvalue weighted by atomic mass is 10.2. The number of nitrogens with two attached hydrogens (primary N) is 2. The summed E-state index contributed by atoms with van der Waals surface area (Å²) in [7, 11) is 0. The smallest absolute Gasteiger partial charge is 0.340 e. The van der Waals surface area contributed by atoms with Gasteiger partial charge in [-0.15, -0.1) is 0 Å². The van der Waals surface area contributed by atoms with E-state index < -0.39 is 23.9 Å². The molecule has 0 saturated carbocycles. The molecule has 1 amide bonds. The summed E-state index contributed by atoms with van der Waals surface area (Å²) in [5, 5.41) is 2.24. The first-order chi connectivity index (χ1) is 12.8. The van der Waals surface area contributed by atoms with E-state index in [1.54, 1.807) is 48.5 Å². The fourth-order valence-electron chi connectivity index (χ4n) is 2.12. The third-order valence-corrected chi connectivity index (χ3v) is 3.54. The Morgan fingerprint density at radius 2 is 1.19 bits per heavy atom. The maximum absolute atomic E-state index is 12.2. The van der Waals surface area contributed by atoms with Gasteiger partial charge in [-0.05, 0) is 35.4 Å². The first kappa shape index (κ1) is 19.8. The number of esters is 2. The molecule has 0 atom stereocenters. The molecule has 2 aromatic rings. The second-order valence-corrected chi connectivity index (χ2v) is 5.83. The average Bonchev–Trinajstić information content (AvgIpc) is 2.64. The van der Waals surface area contributed by atoms with Crippen LogP contribution >= 0.6 is 0 Å². The van der Waals surface area contributed by atoms with E-state index in [9.17, 15) is 14.4 Å². The lowest BCUT2D eigenvalue weighted by molar-refractivity contribution is -0.161. The van der Waals surface area contributed by atoms with Crippen LogP contribution in [0.15, 0.2) is 48.5 Å². The van der Waals surface area contributed by atoms with Crippen molar-refractivity contribution in [3.63, 3.8) is 0 Å². The van der Waals surface area contributed by atoms with Crippen LogP contribution in [0.1, 0.15) is 18.1 Å². The number of hydrogen-bond donors (Lipinski definition) is 3. The van der Waals surface area contributed by atoms with Gasteiger partial charge in [-0.2, -0.15) is 0 Å². The monoisotopic (exact) mass is 371 g/mol. The Hall–Kier alpha value is -3.55. The van der Waals surface area contributed by atoms with E-state index in [1.807, 2.05) is 0 Å². The molecule has 0 spiro atoms. The Labute approximate surface area is 156 Å². The van der Waals surface area contributed by atoms with Gasteiger partial charge in [-0.1, -0.05) is 24.3 Å². The number of carbonyl (C=O) groups is 3. The Morgan fingerprint density at radius 1 is 0.815 bits per heavy atom. The van der Waals surface area contributed by atoms with E-state index in [-0.39, 0.29) is 13.2 Å². The van der Waals surface area contributed by atoms with Crippen LogP contribution in [0.2, 0.25) is 0 Å². The normalized spacial score (nSPS) is 10.3. The molecule has 5 N–H and O–H groups in total. The van der Waals surface area contributed by atoms with Crippen molar-refractivity contribution < 1.29 is 23.9 Å². The molecule has 0 radical (unpaired) electrons. The first-order valence-electron chi connectivity index (χ1n) is 8.14. The zero-order valence-corrected chi connectivity index (χ0v) is 14.8. The molecule has 8 nitrogen and oxygen atoms in total. The van der Waals surface area contributed by atoms with Crippen molar-refractivity contribution in [2.45, 2.75) is 26.2 Å². The highest BCUT2D eigenvalue weighted by molar-refractivity contribution is 6.02. The van der Waals surface area contributed by atoms with Gasteiger partial charge in [0.05, 0.1) is 0 Å². The second-order valence-electron chi connectivity index (χ2n) is 5.83. The summed E-state index contributed by atoms with van der Waals surface area (Å²) in [6.45, 7) is 1.05. The molecule has 0 heterocycles. The zero-order chi connectivity index (χ0) is 19.8. The van der Waals surface area contributed by atoms with Crippen LogP contribution in [0.4, 0.5) is 11.4 Å². The van der Waals surface area contributed by atoms with E-state index in [0.29, 0.717) is 22.5 Å². The number of nitrogen functional groups attached to an aromatic ring is 2. The molecule has 0 aliphatic rings. The largest absolute Gasteiger partial charge is 0.459 e. The highest BCUT2D eigenvalue weighted by atomic mass is 16.6. The predicted molar refractivity (Wildman–Crippen MR) is 98.9 cm³/mol. The Kier molecular flexibility index (Phi) is 6.76. The number of rotatable bonds is 7. The topological polar surface area (TPSA) is 134 Å². The number of amides is 1. The van der Waals surface area contributed by atoms with Crippen molar-refractivity contribution in [3.8, 4) is 0 Å². The maximum Gasteiger partial charge on any atom is 0.340 e. The third-order valence-electron chi connectivity index (χ3n) is 3.54. The molecule has 0 aliphatic heterocycles. The van der Waals surface area contributed by atoms with Gasteiger partial charge in [0.25, 0.3) is 0 Å². The molecule has 2 aromatic carbocycles. The molecule has 0 aliphatic carbocycles. The van der Waals surface area contributed by atoms with Crippen LogP contribution in [0, 0.1) is 0 Å². The summed E-state index contributed by atoms with van der Waals surface area (Å²) in [4.78, 5) is 35.8. The van der Waals surface area contributed by atoms with E-state index in [0.717, 1.165) is 0 Å². The number of nitrogens with one attached hydrogen (secondary N) is 1. The van der Waals surface area contributed by atoms with Gasteiger partial charge < -0.3 is 26.3 Å². The summed E-state index contributed by atoms with van der Waals surface area (Å²) in [6.07, 6.45) is 0. The summed E-state index contributed by atoms with van der Waals surface area (Å²) in [6, 6.07) is 11.9. The molecule has 0 aromatic heterocycles. The number of anilines is 2. The molecular formula is C19H21N3O5. The summed E-state index contributed by atoms with van der Waals surface area (Å²) in [5.41, 5.74) is 13.7. The van der Waals surface area contributed by atoms with Gasteiger partial charge >= 0.3 is 11.9 Å². The molecular weight excluding hydrogens is 350 g/mol. The molecule has 0 bridgehead atoms. The van der Waals surface area contributed by atoms with Gasteiger partial charge in [-0.25, -0.2) is 9.59 Å². The minimum Gasteiger partial charge on any atom is -0.459 e. The minimum atomic E-state index is -1.55. The van der Waals surface area contributed by atoms with E-state index in [1.165, 1.54) is 6.92 Å². The van der Waals surface area contributed by atoms with Crippen LogP contribution in [-0.4, -0.2) is 23.9 Å². The number of carbonyl (C=O) groups excluding carboxylic acids is 3. The molecule has 8 heteroatoms. The molecule has 0 fully saturated rings. The molecule has 2 rings (SSSR count).